The molecule has 27 heavy (non-hydrogen) atoms. The van der Waals surface area contributed by atoms with Crippen LogP contribution in [-0.2, 0) is 4.79 Å². The number of rotatable bonds is 6. The second-order valence-corrected chi connectivity index (χ2v) is 7.99. The molecule has 4 rings (SSSR count). The minimum atomic E-state index is -0.320. The Morgan fingerprint density at radius 2 is 2.11 bits per heavy atom. The first-order valence-corrected chi connectivity index (χ1v) is 10.1. The van der Waals surface area contributed by atoms with Crippen molar-refractivity contribution < 1.29 is 13.9 Å². The molecule has 4 aromatic rings. The fourth-order valence-electron chi connectivity index (χ4n) is 2.62. The number of hydrogen-bond donors (Lipinski definition) is 1. The van der Waals surface area contributed by atoms with Gasteiger partial charge in [-0.2, -0.15) is 0 Å². The number of ether oxygens (including phenoxy) is 1. The van der Waals surface area contributed by atoms with Gasteiger partial charge in [0.1, 0.15) is 11.3 Å². The third-order valence-corrected chi connectivity index (χ3v) is 6.15. The molecule has 6 nitrogen and oxygen atoms in total. The van der Waals surface area contributed by atoms with E-state index in [9.17, 15) is 4.79 Å². The highest BCUT2D eigenvalue weighted by molar-refractivity contribution is 8.00. The van der Waals surface area contributed by atoms with Gasteiger partial charge in [0.05, 0.1) is 22.6 Å². The number of amides is 1. The maximum absolute atomic E-state index is 12.7. The predicted molar refractivity (Wildman–Crippen MR) is 109 cm³/mol. The predicted octanol–water partition coefficient (Wildman–Crippen LogP) is 4.96. The van der Waals surface area contributed by atoms with Gasteiger partial charge >= 0.3 is 0 Å². The molecule has 0 saturated heterocycles. The molecule has 0 aliphatic carbocycles. The average Bonchev–Trinajstić information content (AvgIpc) is 3.27. The fourth-order valence-corrected chi connectivity index (χ4v) is 4.38. The van der Waals surface area contributed by atoms with Crippen LogP contribution >= 0.6 is 23.1 Å². The second kappa shape index (κ2) is 7.58. The molecular formula is C19H17N3O3S2. The first kappa shape index (κ1) is 17.8. The third kappa shape index (κ3) is 3.77. The van der Waals surface area contributed by atoms with Crippen molar-refractivity contribution >= 4 is 55.5 Å². The first-order chi connectivity index (χ1) is 13.2. The SMILES string of the molecule is CCC(Sc1nc2ccccc2o1)C(=O)Nc1nc2ccc(OC)cc2s1. The number of benzene rings is 2. The van der Waals surface area contributed by atoms with E-state index in [1.54, 1.807) is 7.11 Å². The molecular weight excluding hydrogens is 382 g/mol. The van der Waals surface area contributed by atoms with E-state index in [4.69, 9.17) is 9.15 Å². The summed E-state index contributed by atoms with van der Waals surface area (Å²) in [6.45, 7) is 1.96. The van der Waals surface area contributed by atoms with Gasteiger partial charge in [-0.25, -0.2) is 9.97 Å². The second-order valence-electron chi connectivity index (χ2n) is 5.80. The molecule has 1 amide bonds. The molecule has 138 valence electrons. The molecule has 2 heterocycles. The zero-order valence-corrected chi connectivity index (χ0v) is 16.4. The Labute approximate surface area is 163 Å². The highest BCUT2D eigenvalue weighted by Gasteiger charge is 2.22. The number of anilines is 1. The van der Waals surface area contributed by atoms with Gasteiger partial charge in [0.25, 0.3) is 5.22 Å². The molecule has 0 bridgehead atoms. The van der Waals surface area contributed by atoms with Crippen LogP contribution in [0.3, 0.4) is 0 Å². The van der Waals surface area contributed by atoms with Crippen molar-refractivity contribution in [1.29, 1.82) is 0 Å². The van der Waals surface area contributed by atoms with Crippen molar-refractivity contribution in [1.82, 2.24) is 9.97 Å². The van der Waals surface area contributed by atoms with E-state index in [0.717, 1.165) is 27.1 Å². The number of carbonyl (C=O) groups is 1. The van der Waals surface area contributed by atoms with Gasteiger partial charge in [-0.15, -0.1) is 0 Å². The molecule has 0 aliphatic rings. The Hall–Kier alpha value is -2.58. The first-order valence-electron chi connectivity index (χ1n) is 8.44. The van der Waals surface area contributed by atoms with Crippen molar-refractivity contribution in [2.24, 2.45) is 0 Å². The molecule has 0 spiro atoms. The Morgan fingerprint density at radius 1 is 1.26 bits per heavy atom. The van der Waals surface area contributed by atoms with Crippen molar-refractivity contribution in [2.75, 3.05) is 12.4 Å². The van der Waals surface area contributed by atoms with Crippen molar-refractivity contribution in [2.45, 2.75) is 23.8 Å². The number of para-hydroxylation sites is 2. The Morgan fingerprint density at radius 3 is 2.89 bits per heavy atom. The molecule has 1 unspecified atom stereocenters. The summed E-state index contributed by atoms with van der Waals surface area (Å²) in [7, 11) is 1.63. The smallest absolute Gasteiger partial charge is 0.257 e. The normalized spacial score (nSPS) is 12.4. The Kier molecular flexibility index (Phi) is 5.00. The lowest BCUT2D eigenvalue weighted by molar-refractivity contribution is -0.115. The largest absolute Gasteiger partial charge is 0.497 e. The van der Waals surface area contributed by atoms with Crippen LogP contribution in [0.1, 0.15) is 13.3 Å². The number of carbonyl (C=O) groups excluding carboxylic acids is 1. The average molecular weight is 399 g/mol. The van der Waals surface area contributed by atoms with Crippen LogP contribution in [0, 0.1) is 0 Å². The maximum Gasteiger partial charge on any atom is 0.257 e. The number of thiazole rings is 1. The quantitative estimate of drug-likeness (QED) is 0.462. The van der Waals surface area contributed by atoms with E-state index in [0.29, 0.717) is 16.8 Å². The molecule has 0 aliphatic heterocycles. The minimum Gasteiger partial charge on any atom is -0.497 e. The van der Waals surface area contributed by atoms with Crippen molar-refractivity contribution in [3.8, 4) is 5.75 Å². The van der Waals surface area contributed by atoms with E-state index in [1.807, 2.05) is 49.4 Å². The summed E-state index contributed by atoms with van der Waals surface area (Å²) in [5.41, 5.74) is 2.33. The third-order valence-electron chi connectivity index (χ3n) is 4.01. The van der Waals surface area contributed by atoms with Crippen molar-refractivity contribution in [3.63, 3.8) is 0 Å². The lowest BCUT2D eigenvalue weighted by Gasteiger charge is -2.10. The van der Waals surface area contributed by atoms with Crippen LogP contribution in [0.4, 0.5) is 5.13 Å². The zero-order valence-electron chi connectivity index (χ0n) is 14.8. The van der Waals surface area contributed by atoms with Crippen LogP contribution in [0.5, 0.6) is 5.75 Å². The van der Waals surface area contributed by atoms with E-state index >= 15 is 0 Å². The van der Waals surface area contributed by atoms with Gasteiger partial charge < -0.3 is 14.5 Å². The Bertz CT molecular complexity index is 1070. The molecule has 1 N–H and O–H groups in total. The van der Waals surface area contributed by atoms with Crippen LogP contribution in [0.15, 0.2) is 52.1 Å². The highest BCUT2D eigenvalue weighted by atomic mass is 32.2. The number of thioether (sulfide) groups is 1. The van der Waals surface area contributed by atoms with Crippen LogP contribution in [-0.4, -0.2) is 28.2 Å². The summed E-state index contributed by atoms with van der Waals surface area (Å²) in [6.07, 6.45) is 0.647. The molecule has 2 aromatic heterocycles. The summed E-state index contributed by atoms with van der Waals surface area (Å²) in [4.78, 5) is 21.6. The number of fused-ring (bicyclic) bond motifs is 2. The van der Waals surface area contributed by atoms with Crippen molar-refractivity contribution in [3.05, 3.63) is 42.5 Å². The molecule has 1 atom stereocenters. The Balaban J connectivity index is 1.49. The number of nitrogens with one attached hydrogen (secondary N) is 1. The van der Waals surface area contributed by atoms with Gasteiger partial charge in [0.2, 0.25) is 5.91 Å². The summed E-state index contributed by atoms with van der Waals surface area (Å²) < 4.78 is 11.9. The minimum absolute atomic E-state index is 0.115. The lowest BCUT2D eigenvalue weighted by atomic mass is 10.3. The van der Waals surface area contributed by atoms with E-state index in [-0.39, 0.29) is 11.2 Å². The highest BCUT2D eigenvalue weighted by Crippen LogP contribution is 2.32. The standard InChI is InChI=1S/C19H17N3O3S2/c1-3-15(27-19-21-12-6-4-5-7-14(12)25-19)17(23)22-18-20-13-9-8-11(24-2)10-16(13)26-18/h4-10,15H,3H2,1-2H3,(H,20,22,23). The van der Waals surface area contributed by atoms with E-state index in [1.165, 1.54) is 23.1 Å². The monoisotopic (exact) mass is 399 g/mol. The summed E-state index contributed by atoms with van der Waals surface area (Å²) in [5, 5.41) is 3.65. The lowest BCUT2D eigenvalue weighted by Crippen LogP contribution is -2.24. The number of nitrogens with zero attached hydrogens (tertiary/aromatic N) is 2. The van der Waals surface area contributed by atoms with Crippen LogP contribution in [0.25, 0.3) is 21.3 Å². The van der Waals surface area contributed by atoms with Gasteiger partial charge in [-0.1, -0.05) is 42.2 Å². The number of hydrogen-bond acceptors (Lipinski definition) is 7. The zero-order chi connectivity index (χ0) is 18.8. The van der Waals surface area contributed by atoms with Gasteiger partial charge in [-0.05, 0) is 36.8 Å². The maximum atomic E-state index is 12.7. The van der Waals surface area contributed by atoms with Crippen LogP contribution < -0.4 is 10.1 Å². The topological polar surface area (TPSA) is 77.3 Å². The number of aromatic nitrogens is 2. The summed E-state index contributed by atoms with van der Waals surface area (Å²) >= 11 is 2.74. The summed E-state index contributed by atoms with van der Waals surface area (Å²) in [5.74, 6) is 0.651. The van der Waals surface area contributed by atoms with E-state index in [2.05, 4.69) is 15.3 Å². The molecule has 0 saturated carbocycles. The molecule has 0 radical (unpaired) electrons. The summed E-state index contributed by atoms with van der Waals surface area (Å²) in [6, 6.07) is 13.2. The van der Waals surface area contributed by atoms with Gasteiger partial charge in [0.15, 0.2) is 10.7 Å². The molecule has 0 fully saturated rings. The number of oxazole rings is 1. The van der Waals surface area contributed by atoms with Gasteiger partial charge in [-0.3, -0.25) is 4.79 Å². The fraction of sp³-hybridized carbons (Fsp3) is 0.211. The molecule has 8 heteroatoms. The van der Waals surface area contributed by atoms with Crippen LogP contribution in [0.2, 0.25) is 0 Å². The molecule has 2 aromatic carbocycles. The number of methoxy groups -OCH3 is 1. The van der Waals surface area contributed by atoms with E-state index < -0.39 is 0 Å². The van der Waals surface area contributed by atoms with Gasteiger partial charge in [0, 0.05) is 0 Å².